The van der Waals surface area contributed by atoms with Gasteiger partial charge in [0.15, 0.2) is 11.2 Å². The molecule has 0 amide bonds. The van der Waals surface area contributed by atoms with E-state index in [1.54, 1.807) is 24.4 Å². The number of nitrogen functional groups attached to an aromatic ring is 1. The highest BCUT2D eigenvalue weighted by atomic mass is 19.1. The summed E-state index contributed by atoms with van der Waals surface area (Å²) >= 11 is 0. The van der Waals surface area contributed by atoms with E-state index in [1.807, 2.05) is 42.0 Å². The van der Waals surface area contributed by atoms with Crippen LogP contribution in [0.3, 0.4) is 0 Å². The number of hydrogen-bond donors (Lipinski definition) is 1. The van der Waals surface area contributed by atoms with Crippen LogP contribution in [0.5, 0.6) is 5.75 Å². The van der Waals surface area contributed by atoms with Gasteiger partial charge in [-0.3, -0.25) is 9.59 Å². The minimum absolute atomic E-state index is 0.0905. The van der Waals surface area contributed by atoms with Gasteiger partial charge in [0, 0.05) is 55.9 Å². The van der Waals surface area contributed by atoms with E-state index < -0.39 is 5.82 Å². The number of ether oxygens (including phenoxy) is 2. The Morgan fingerprint density at radius 3 is 2.55 bits per heavy atom. The summed E-state index contributed by atoms with van der Waals surface area (Å²) in [6.07, 6.45) is 6.69. The summed E-state index contributed by atoms with van der Waals surface area (Å²) in [7, 11) is 1.47. The summed E-state index contributed by atoms with van der Waals surface area (Å²) in [4.78, 5) is 31.2. The zero-order valence-electron chi connectivity index (χ0n) is 22.7. The third-order valence-electron chi connectivity index (χ3n) is 7.38. The highest BCUT2D eigenvalue weighted by Crippen LogP contribution is 2.35. The molecular weight excluding hydrogens is 509 g/mol. The lowest BCUT2D eigenvalue weighted by molar-refractivity contribution is 0.0612. The molecule has 5 rings (SSSR count). The number of aryl methyl sites for hydroxylation is 1. The number of nitrogens with zero attached hydrogens (tertiary/aromatic N) is 2. The van der Waals surface area contributed by atoms with Crippen LogP contribution in [0.15, 0.2) is 71.9 Å². The predicted molar refractivity (Wildman–Crippen MR) is 153 cm³/mol. The number of rotatable bonds is 8. The molecule has 1 fully saturated rings. The maximum Gasteiger partial charge on any atom is 0.200 e. The SMILES string of the molecule is COc1ccnc(N)c1-c1ccc(CC(=O)c2cn(CC3CCOCC3)cc(-c3ccc(C)cc3)c2=O)cc1F. The number of ketones is 1. The van der Waals surface area contributed by atoms with Crippen molar-refractivity contribution >= 4 is 11.6 Å². The zero-order chi connectivity index (χ0) is 28.2. The van der Waals surface area contributed by atoms with Crippen LogP contribution in [0.2, 0.25) is 0 Å². The molecule has 0 spiro atoms. The van der Waals surface area contributed by atoms with Gasteiger partial charge < -0.3 is 19.8 Å². The Morgan fingerprint density at radius 2 is 1.85 bits per heavy atom. The normalized spacial score (nSPS) is 13.8. The first-order chi connectivity index (χ1) is 19.3. The van der Waals surface area contributed by atoms with E-state index >= 15 is 4.39 Å². The molecule has 1 saturated heterocycles. The summed E-state index contributed by atoms with van der Waals surface area (Å²) in [5.74, 6) is -0.00383. The molecule has 0 radical (unpaired) electrons. The fourth-order valence-electron chi connectivity index (χ4n) is 5.15. The van der Waals surface area contributed by atoms with Crippen molar-refractivity contribution in [3.05, 3.63) is 99.9 Å². The summed E-state index contributed by atoms with van der Waals surface area (Å²) in [5.41, 5.74) is 9.09. The van der Waals surface area contributed by atoms with Gasteiger partial charge in [-0.2, -0.15) is 0 Å². The molecule has 0 aliphatic carbocycles. The van der Waals surface area contributed by atoms with Crippen LogP contribution < -0.4 is 15.9 Å². The summed E-state index contributed by atoms with van der Waals surface area (Å²) < 4.78 is 28.1. The molecule has 206 valence electrons. The number of anilines is 1. The quantitative estimate of drug-likeness (QED) is 0.297. The van der Waals surface area contributed by atoms with Crippen molar-refractivity contribution in [1.82, 2.24) is 9.55 Å². The smallest absolute Gasteiger partial charge is 0.200 e. The molecule has 2 aromatic carbocycles. The molecular formula is C32H32FN3O4. The lowest BCUT2D eigenvalue weighted by Crippen LogP contribution is -2.25. The van der Waals surface area contributed by atoms with Gasteiger partial charge in [0.1, 0.15) is 17.4 Å². The number of hydrogen-bond acceptors (Lipinski definition) is 6. The summed E-state index contributed by atoms with van der Waals surface area (Å²) in [6.45, 7) is 4.08. The van der Waals surface area contributed by atoms with E-state index in [2.05, 4.69) is 4.98 Å². The molecule has 8 heteroatoms. The van der Waals surface area contributed by atoms with Crippen molar-refractivity contribution in [3.63, 3.8) is 0 Å². The number of Topliss-reactive ketones (excluding diaryl/α,β-unsaturated/α-hetero) is 1. The Kier molecular flexibility index (Phi) is 8.07. The summed E-state index contributed by atoms with van der Waals surface area (Å²) in [5, 5.41) is 0. The van der Waals surface area contributed by atoms with E-state index in [9.17, 15) is 9.59 Å². The van der Waals surface area contributed by atoms with Gasteiger partial charge in [-0.1, -0.05) is 42.0 Å². The van der Waals surface area contributed by atoms with E-state index in [1.165, 1.54) is 19.4 Å². The van der Waals surface area contributed by atoms with Gasteiger partial charge in [-0.25, -0.2) is 9.37 Å². The van der Waals surface area contributed by atoms with Gasteiger partial charge in [0.2, 0.25) is 0 Å². The summed E-state index contributed by atoms with van der Waals surface area (Å²) in [6, 6.07) is 13.8. The largest absolute Gasteiger partial charge is 0.496 e. The third kappa shape index (κ3) is 5.82. The number of pyridine rings is 2. The van der Waals surface area contributed by atoms with Crippen LogP contribution in [0, 0.1) is 18.7 Å². The second-order valence-corrected chi connectivity index (χ2v) is 10.2. The molecule has 1 aliphatic heterocycles. The van der Waals surface area contributed by atoms with Crippen LogP contribution in [0.4, 0.5) is 10.2 Å². The Labute approximate surface area is 232 Å². The average molecular weight is 542 g/mol. The molecule has 0 bridgehead atoms. The van der Waals surface area contributed by atoms with Gasteiger partial charge >= 0.3 is 0 Å². The Morgan fingerprint density at radius 1 is 1.10 bits per heavy atom. The number of halogens is 1. The molecule has 0 unspecified atom stereocenters. The van der Waals surface area contributed by atoms with Crippen molar-refractivity contribution in [1.29, 1.82) is 0 Å². The molecule has 2 aromatic heterocycles. The minimum atomic E-state index is -0.561. The first-order valence-corrected chi connectivity index (χ1v) is 13.3. The second kappa shape index (κ2) is 11.8. The van der Waals surface area contributed by atoms with Crippen LogP contribution >= 0.6 is 0 Å². The highest BCUT2D eigenvalue weighted by molar-refractivity contribution is 5.98. The average Bonchev–Trinajstić information content (AvgIpc) is 2.95. The number of methoxy groups -OCH3 is 1. The van der Waals surface area contributed by atoms with E-state index in [4.69, 9.17) is 15.2 Å². The number of nitrogens with two attached hydrogens (primary N) is 1. The standard InChI is InChI=1S/C32H32FN3O4/c1-20-3-6-23(7-4-20)25-18-36(17-21-10-13-40-14-11-21)19-26(31(25)38)28(37)16-22-5-8-24(27(33)15-22)30-29(39-2)9-12-35-32(30)34/h3-9,12,15,18-19,21H,10-11,13-14,16-17H2,1-2H3,(H2,34,35). The number of benzene rings is 2. The molecule has 1 aliphatic rings. The lowest BCUT2D eigenvalue weighted by atomic mass is 9.96. The highest BCUT2D eigenvalue weighted by Gasteiger charge is 2.21. The van der Waals surface area contributed by atoms with Crippen LogP contribution in [0.25, 0.3) is 22.3 Å². The van der Waals surface area contributed by atoms with E-state index in [0.717, 1.165) is 24.0 Å². The maximum absolute atomic E-state index is 15.3. The van der Waals surface area contributed by atoms with Gasteiger partial charge in [0.05, 0.1) is 18.2 Å². The predicted octanol–water partition coefficient (Wildman–Crippen LogP) is 5.47. The van der Waals surface area contributed by atoms with Crippen LogP contribution in [0.1, 0.15) is 34.3 Å². The Bertz CT molecular complexity index is 1590. The van der Waals surface area contributed by atoms with Crippen molar-refractivity contribution in [2.45, 2.75) is 32.7 Å². The van der Waals surface area contributed by atoms with Gasteiger partial charge in [-0.05, 0) is 48.9 Å². The van der Waals surface area contributed by atoms with Gasteiger partial charge in [0.25, 0.3) is 0 Å². The third-order valence-corrected chi connectivity index (χ3v) is 7.38. The fraction of sp³-hybridized carbons (Fsp3) is 0.281. The molecule has 2 N–H and O–H groups in total. The lowest BCUT2D eigenvalue weighted by Gasteiger charge is -2.23. The Hall–Kier alpha value is -4.30. The van der Waals surface area contributed by atoms with E-state index in [-0.39, 0.29) is 34.6 Å². The molecule has 3 heterocycles. The van der Waals surface area contributed by atoms with E-state index in [0.29, 0.717) is 48.1 Å². The Balaban J connectivity index is 1.48. The second-order valence-electron chi connectivity index (χ2n) is 10.2. The minimum Gasteiger partial charge on any atom is -0.496 e. The van der Waals surface area contributed by atoms with Crippen molar-refractivity contribution in [3.8, 4) is 28.0 Å². The molecule has 0 saturated carbocycles. The monoisotopic (exact) mass is 541 g/mol. The topological polar surface area (TPSA) is 96.4 Å². The first kappa shape index (κ1) is 27.3. The van der Waals surface area contributed by atoms with Crippen molar-refractivity contribution in [2.24, 2.45) is 5.92 Å². The van der Waals surface area contributed by atoms with Gasteiger partial charge in [-0.15, -0.1) is 0 Å². The fourth-order valence-corrected chi connectivity index (χ4v) is 5.15. The number of carbonyl (C=O) groups excluding carboxylic acids is 1. The molecule has 0 atom stereocenters. The number of aromatic nitrogens is 2. The van der Waals surface area contributed by atoms with Crippen LogP contribution in [-0.4, -0.2) is 35.7 Å². The van der Waals surface area contributed by atoms with Crippen LogP contribution in [-0.2, 0) is 17.7 Å². The van der Waals surface area contributed by atoms with Crippen molar-refractivity contribution in [2.75, 3.05) is 26.1 Å². The van der Waals surface area contributed by atoms with Crippen molar-refractivity contribution < 1.29 is 18.7 Å². The molecule has 4 aromatic rings. The number of carbonyl (C=O) groups is 1. The molecule has 7 nitrogen and oxygen atoms in total. The first-order valence-electron chi connectivity index (χ1n) is 13.3. The molecule has 40 heavy (non-hydrogen) atoms. The zero-order valence-corrected chi connectivity index (χ0v) is 22.7. The maximum atomic E-state index is 15.3.